The third kappa shape index (κ3) is 5.97. The largest absolute Gasteiger partial charge is 0.416 e. The molecule has 3 aliphatic heterocycles. The summed E-state index contributed by atoms with van der Waals surface area (Å²) in [6.07, 6.45) is -11.7. The Hall–Kier alpha value is -2.18. The van der Waals surface area contributed by atoms with Gasteiger partial charge in [0.2, 0.25) is 0 Å². The molecule has 0 amide bonds. The minimum Gasteiger partial charge on any atom is -0.390 e. The second-order valence-corrected chi connectivity index (χ2v) is 10.9. The van der Waals surface area contributed by atoms with Gasteiger partial charge in [-0.1, -0.05) is 30.3 Å². The van der Waals surface area contributed by atoms with E-state index in [1.165, 1.54) is 6.92 Å². The van der Waals surface area contributed by atoms with E-state index in [2.05, 4.69) is 4.90 Å². The number of halogens is 6. The molecule has 5 nitrogen and oxygen atoms in total. The van der Waals surface area contributed by atoms with E-state index in [1.807, 2.05) is 30.3 Å². The molecule has 3 aliphatic rings. The lowest BCUT2D eigenvalue weighted by Crippen LogP contribution is -2.63. The highest BCUT2D eigenvalue weighted by Gasteiger charge is 2.53. The Morgan fingerprint density at radius 2 is 1.67 bits per heavy atom. The molecule has 0 aliphatic carbocycles. The van der Waals surface area contributed by atoms with E-state index >= 15 is 0 Å². The van der Waals surface area contributed by atoms with Crippen molar-refractivity contribution in [2.24, 2.45) is 11.3 Å². The van der Waals surface area contributed by atoms with Crippen molar-refractivity contribution in [2.45, 2.75) is 50.1 Å². The lowest BCUT2D eigenvalue weighted by Gasteiger charge is -2.51. The first-order chi connectivity index (χ1) is 18.4. The minimum atomic E-state index is -4.94. The van der Waals surface area contributed by atoms with Gasteiger partial charge in [-0.15, -0.1) is 0 Å². The number of hydrogen-bond acceptors (Lipinski definition) is 5. The highest BCUT2D eigenvalue weighted by molar-refractivity contribution is 5.35. The summed E-state index contributed by atoms with van der Waals surface area (Å²) in [6, 6.07) is 11.0. The average Bonchev–Trinajstić information content (AvgIpc) is 3.24. The van der Waals surface area contributed by atoms with Gasteiger partial charge in [-0.25, -0.2) is 0 Å². The molecule has 11 heteroatoms. The fourth-order valence-electron chi connectivity index (χ4n) is 6.02. The summed E-state index contributed by atoms with van der Waals surface area (Å²) < 4.78 is 98.1. The Morgan fingerprint density at radius 3 is 2.23 bits per heavy atom. The van der Waals surface area contributed by atoms with Gasteiger partial charge in [0.05, 0.1) is 43.2 Å². The molecule has 0 saturated carbocycles. The molecule has 5 rings (SSSR count). The van der Waals surface area contributed by atoms with Crippen molar-refractivity contribution in [2.75, 3.05) is 39.5 Å². The quantitative estimate of drug-likeness (QED) is 0.465. The molecule has 1 unspecified atom stereocenters. The summed E-state index contributed by atoms with van der Waals surface area (Å²) in [6.45, 7) is 4.70. The average molecular weight is 560 g/mol. The molecule has 1 spiro atoms. The molecule has 1 N–H and O–H groups in total. The van der Waals surface area contributed by atoms with Crippen LogP contribution in [0.3, 0.4) is 0 Å². The van der Waals surface area contributed by atoms with Crippen LogP contribution in [0.4, 0.5) is 26.3 Å². The molecular formula is C28H31F6NO4. The van der Waals surface area contributed by atoms with Crippen molar-refractivity contribution in [3.63, 3.8) is 0 Å². The van der Waals surface area contributed by atoms with Gasteiger partial charge < -0.3 is 24.2 Å². The molecule has 0 radical (unpaired) electrons. The number of hydrogen-bond donors (Lipinski definition) is 1. The summed E-state index contributed by atoms with van der Waals surface area (Å²) >= 11 is 0. The van der Waals surface area contributed by atoms with Gasteiger partial charge >= 0.3 is 12.4 Å². The second-order valence-electron chi connectivity index (χ2n) is 10.9. The van der Waals surface area contributed by atoms with E-state index in [0.717, 1.165) is 5.56 Å². The molecule has 0 bridgehead atoms. The van der Waals surface area contributed by atoms with Gasteiger partial charge in [0, 0.05) is 31.0 Å². The third-order valence-corrected chi connectivity index (χ3v) is 8.12. The first-order valence-corrected chi connectivity index (χ1v) is 13.0. The van der Waals surface area contributed by atoms with Crippen LogP contribution in [-0.2, 0) is 26.6 Å². The minimum absolute atomic E-state index is 0.0578. The number of aliphatic hydroxyl groups is 1. The Kier molecular flexibility index (Phi) is 7.75. The van der Waals surface area contributed by atoms with E-state index in [-0.39, 0.29) is 28.9 Å². The van der Waals surface area contributed by atoms with Gasteiger partial charge in [-0.2, -0.15) is 26.3 Å². The number of benzene rings is 2. The molecule has 39 heavy (non-hydrogen) atoms. The summed E-state index contributed by atoms with van der Waals surface area (Å²) in [5.74, 6) is -0.237. The lowest BCUT2D eigenvalue weighted by atomic mass is 9.75. The Morgan fingerprint density at radius 1 is 1.03 bits per heavy atom. The number of likely N-dealkylation sites (tertiary alicyclic amines) is 1. The van der Waals surface area contributed by atoms with Crippen LogP contribution in [-0.4, -0.2) is 61.9 Å². The molecule has 5 atom stereocenters. The Balaban J connectivity index is 1.37. The van der Waals surface area contributed by atoms with Crippen molar-refractivity contribution in [1.82, 2.24) is 4.90 Å². The maximum absolute atomic E-state index is 13.4. The first kappa shape index (κ1) is 28.4. The first-order valence-electron chi connectivity index (χ1n) is 13.0. The summed E-state index contributed by atoms with van der Waals surface area (Å²) in [7, 11) is 0. The maximum atomic E-state index is 13.4. The Labute approximate surface area is 222 Å². The van der Waals surface area contributed by atoms with Gasteiger partial charge in [0.25, 0.3) is 0 Å². The third-order valence-electron chi connectivity index (χ3n) is 8.12. The predicted molar refractivity (Wildman–Crippen MR) is 129 cm³/mol. The van der Waals surface area contributed by atoms with Gasteiger partial charge in [-0.3, -0.25) is 0 Å². The number of nitrogens with zero attached hydrogens (tertiary/aromatic N) is 1. The van der Waals surface area contributed by atoms with Crippen molar-refractivity contribution >= 4 is 0 Å². The molecule has 214 valence electrons. The topological polar surface area (TPSA) is 51.2 Å². The Bertz CT molecular complexity index is 1100. The fourth-order valence-corrected chi connectivity index (χ4v) is 6.02. The van der Waals surface area contributed by atoms with Gasteiger partial charge in [-0.05, 0) is 48.6 Å². The summed E-state index contributed by atoms with van der Waals surface area (Å²) in [4.78, 5) is 2.24. The van der Waals surface area contributed by atoms with Crippen LogP contribution in [0.5, 0.6) is 0 Å². The van der Waals surface area contributed by atoms with Crippen molar-refractivity contribution in [1.29, 1.82) is 0 Å². The smallest absolute Gasteiger partial charge is 0.390 e. The molecule has 3 heterocycles. The number of rotatable bonds is 6. The van der Waals surface area contributed by atoms with E-state index < -0.39 is 42.0 Å². The highest BCUT2D eigenvalue weighted by Crippen LogP contribution is 2.44. The van der Waals surface area contributed by atoms with Crippen molar-refractivity contribution < 1.29 is 45.7 Å². The fraction of sp³-hybridized carbons (Fsp3) is 0.571. The molecule has 3 saturated heterocycles. The van der Waals surface area contributed by atoms with Crippen LogP contribution in [0, 0.1) is 11.3 Å². The second kappa shape index (κ2) is 10.7. The van der Waals surface area contributed by atoms with Crippen LogP contribution in [0.25, 0.3) is 0 Å². The highest BCUT2D eigenvalue weighted by atomic mass is 19.4. The monoisotopic (exact) mass is 559 g/mol. The molecule has 3 fully saturated rings. The lowest BCUT2D eigenvalue weighted by molar-refractivity contribution is -0.213. The van der Waals surface area contributed by atoms with Crippen LogP contribution in [0.15, 0.2) is 48.5 Å². The number of ether oxygens (including phenoxy) is 3. The zero-order chi connectivity index (χ0) is 28.0. The zero-order valence-electron chi connectivity index (χ0n) is 21.3. The van der Waals surface area contributed by atoms with Crippen LogP contribution in [0.1, 0.15) is 47.6 Å². The van der Waals surface area contributed by atoms with Crippen LogP contribution in [0.2, 0.25) is 0 Å². The van der Waals surface area contributed by atoms with E-state index in [0.29, 0.717) is 58.0 Å². The molecular weight excluding hydrogens is 528 g/mol. The van der Waals surface area contributed by atoms with Gasteiger partial charge in [0.1, 0.15) is 0 Å². The summed E-state index contributed by atoms with van der Waals surface area (Å²) in [5, 5.41) is 10.3. The maximum Gasteiger partial charge on any atom is 0.416 e. The molecule has 2 aromatic carbocycles. The normalized spacial score (nSPS) is 28.4. The summed E-state index contributed by atoms with van der Waals surface area (Å²) in [5.41, 5.74) is -2.32. The molecule has 2 aromatic rings. The van der Waals surface area contributed by atoms with Crippen molar-refractivity contribution in [3.8, 4) is 0 Å². The van der Waals surface area contributed by atoms with Gasteiger partial charge in [0.15, 0.2) is 6.29 Å². The SMILES string of the molecule is C[C@@H](O[C@H]1OCCC(CN2CC3(COC[C@H]3O)C2)[C@@H]1c1ccccc1)c1cc(C(F)(F)F)cc(C(F)(F)F)c1. The van der Waals surface area contributed by atoms with E-state index in [1.54, 1.807) is 0 Å². The van der Waals surface area contributed by atoms with E-state index in [9.17, 15) is 31.4 Å². The standard InChI is InChI=1S/C28H31F6NO4/c1-17(20-9-21(27(29,30)31)11-22(10-20)28(32,33)34)39-25-24(18-5-3-2-4-6-18)19(7-8-38-25)12-35-14-26(15-35)16-37-13-23(26)36/h2-6,9-11,17,19,23-25,36H,7-8,12-16H2,1H3/t17-,19?,23-,24+,25-/m1/s1. The number of aliphatic hydroxyl groups excluding tert-OH is 1. The van der Waals surface area contributed by atoms with E-state index in [4.69, 9.17) is 14.2 Å². The molecule has 0 aromatic heterocycles. The number of alkyl halides is 6. The van der Waals surface area contributed by atoms with Crippen molar-refractivity contribution in [3.05, 3.63) is 70.8 Å². The van der Waals surface area contributed by atoms with Crippen LogP contribution >= 0.6 is 0 Å². The van der Waals surface area contributed by atoms with Crippen LogP contribution < -0.4 is 0 Å². The zero-order valence-corrected chi connectivity index (χ0v) is 21.3. The predicted octanol–water partition coefficient (Wildman–Crippen LogP) is 5.64.